The van der Waals surface area contributed by atoms with Crippen LogP contribution in [0.2, 0.25) is 19.6 Å². The molecule has 19 heavy (non-hydrogen) atoms. The van der Waals surface area contributed by atoms with Crippen molar-refractivity contribution in [3.05, 3.63) is 30.0 Å². The monoisotopic (exact) mass is 277 g/mol. The highest BCUT2D eigenvalue weighted by Crippen LogP contribution is 2.24. The van der Waals surface area contributed by atoms with Gasteiger partial charge >= 0.3 is 0 Å². The third-order valence-corrected chi connectivity index (χ3v) is 3.57. The number of methoxy groups -OCH3 is 1. The first kappa shape index (κ1) is 13.7. The fourth-order valence-corrected chi connectivity index (χ4v) is 2.72. The van der Waals surface area contributed by atoms with Crippen LogP contribution in [-0.2, 0) is 15.6 Å². The Morgan fingerprint density at radius 2 is 2.05 bits per heavy atom. The SMILES string of the molecule is COc1ccc2[nH]cc(CC(=O)O[Si](C)(C)C)c2c1. The number of benzene rings is 1. The van der Waals surface area contributed by atoms with E-state index in [1.54, 1.807) is 7.11 Å². The van der Waals surface area contributed by atoms with Gasteiger partial charge in [-0.05, 0) is 43.4 Å². The Balaban J connectivity index is 2.23. The maximum Gasteiger partial charge on any atom is 0.297 e. The van der Waals surface area contributed by atoms with Crippen LogP contribution >= 0.6 is 0 Å². The third kappa shape index (κ3) is 3.38. The van der Waals surface area contributed by atoms with E-state index in [4.69, 9.17) is 9.16 Å². The van der Waals surface area contributed by atoms with Gasteiger partial charge in [-0.2, -0.15) is 0 Å². The van der Waals surface area contributed by atoms with Gasteiger partial charge in [-0.15, -0.1) is 0 Å². The molecule has 1 aromatic carbocycles. The topological polar surface area (TPSA) is 51.3 Å². The zero-order valence-corrected chi connectivity index (χ0v) is 12.7. The van der Waals surface area contributed by atoms with E-state index >= 15 is 0 Å². The van der Waals surface area contributed by atoms with E-state index in [1.165, 1.54) is 0 Å². The number of hydrogen-bond acceptors (Lipinski definition) is 3. The molecular formula is C14H19NO3Si. The van der Waals surface area contributed by atoms with Crippen molar-refractivity contribution in [3.8, 4) is 5.75 Å². The van der Waals surface area contributed by atoms with E-state index in [-0.39, 0.29) is 12.4 Å². The van der Waals surface area contributed by atoms with Gasteiger partial charge in [0.25, 0.3) is 5.97 Å². The van der Waals surface area contributed by atoms with Crippen molar-refractivity contribution < 1.29 is 14.0 Å². The van der Waals surface area contributed by atoms with E-state index < -0.39 is 8.32 Å². The molecule has 0 amide bonds. The Bertz CT molecular complexity index is 598. The van der Waals surface area contributed by atoms with Gasteiger partial charge in [-0.3, -0.25) is 4.79 Å². The molecule has 1 N–H and O–H groups in total. The van der Waals surface area contributed by atoms with Crippen LogP contribution in [0.25, 0.3) is 10.9 Å². The van der Waals surface area contributed by atoms with E-state index in [1.807, 2.05) is 44.0 Å². The van der Waals surface area contributed by atoms with Gasteiger partial charge in [0, 0.05) is 17.1 Å². The molecule has 0 saturated heterocycles. The van der Waals surface area contributed by atoms with Crippen LogP contribution in [0.15, 0.2) is 24.4 Å². The number of carbonyl (C=O) groups is 1. The van der Waals surface area contributed by atoms with E-state index in [0.29, 0.717) is 0 Å². The molecule has 0 fully saturated rings. The fraction of sp³-hybridized carbons (Fsp3) is 0.357. The fourth-order valence-electron chi connectivity index (χ4n) is 1.96. The predicted molar refractivity (Wildman–Crippen MR) is 78.0 cm³/mol. The summed E-state index contributed by atoms with van der Waals surface area (Å²) in [7, 11) is -0.192. The largest absolute Gasteiger partial charge is 0.520 e. The van der Waals surface area contributed by atoms with Gasteiger partial charge in [0.2, 0.25) is 8.32 Å². The van der Waals surface area contributed by atoms with Crippen LogP contribution in [-0.4, -0.2) is 26.4 Å². The second kappa shape index (κ2) is 5.09. The van der Waals surface area contributed by atoms with Crippen molar-refractivity contribution in [2.45, 2.75) is 26.1 Å². The van der Waals surface area contributed by atoms with Crippen LogP contribution in [0.3, 0.4) is 0 Å². The quantitative estimate of drug-likeness (QED) is 0.874. The second-order valence-electron chi connectivity index (χ2n) is 5.49. The lowest BCUT2D eigenvalue weighted by Crippen LogP contribution is -2.29. The Morgan fingerprint density at radius 3 is 2.68 bits per heavy atom. The highest BCUT2D eigenvalue weighted by atomic mass is 28.4. The molecule has 0 bridgehead atoms. The molecule has 0 aliphatic rings. The van der Waals surface area contributed by atoms with Crippen LogP contribution in [0, 0.1) is 0 Å². The molecule has 0 unspecified atom stereocenters. The molecular weight excluding hydrogens is 258 g/mol. The van der Waals surface area contributed by atoms with Gasteiger partial charge in [-0.1, -0.05) is 0 Å². The van der Waals surface area contributed by atoms with Crippen LogP contribution in [0.1, 0.15) is 5.56 Å². The molecule has 5 heteroatoms. The van der Waals surface area contributed by atoms with Crippen molar-refractivity contribution >= 4 is 25.2 Å². The summed E-state index contributed by atoms with van der Waals surface area (Å²) in [6.07, 6.45) is 2.15. The van der Waals surface area contributed by atoms with Gasteiger partial charge in [0.1, 0.15) is 5.75 Å². The van der Waals surface area contributed by atoms with Crippen LogP contribution in [0.5, 0.6) is 5.75 Å². The van der Waals surface area contributed by atoms with Gasteiger partial charge in [-0.25, -0.2) is 0 Å². The molecule has 0 atom stereocenters. The molecule has 0 spiro atoms. The number of nitrogens with one attached hydrogen (secondary N) is 1. The van der Waals surface area contributed by atoms with E-state index in [2.05, 4.69) is 4.98 Å². The third-order valence-electron chi connectivity index (χ3n) is 2.73. The van der Waals surface area contributed by atoms with Crippen molar-refractivity contribution in [2.75, 3.05) is 7.11 Å². The molecule has 4 nitrogen and oxygen atoms in total. The number of carbonyl (C=O) groups excluding carboxylic acids is 1. The normalized spacial score (nSPS) is 11.6. The number of aromatic nitrogens is 1. The summed E-state index contributed by atoms with van der Waals surface area (Å²) in [6, 6.07) is 5.77. The lowest BCUT2D eigenvalue weighted by molar-refractivity contribution is -0.134. The number of aromatic amines is 1. The summed E-state index contributed by atoms with van der Waals surface area (Å²) in [6.45, 7) is 6.01. The summed E-state index contributed by atoms with van der Waals surface area (Å²) in [4.78, 5) is 15.0. The molecule has 1 heterocycles. The number of rotatable bonds is 4. The second-order valence-corrected chi connectivity index (χ2v) is 9.92. The standard InChI is InChI=1S/C14H19NO3Si/c1-17-11-5-6-13-12(8-11)10(9-15-13)7-14(16)18-19(2,3)4/h5-6,8-9,15H,7H2,1-4H3. The van der Waals surface area contributed by atoms with Gasteiger partial charge in [0.05, 0.1) is 13.5 Å². The van der Waals surface area contributed by atoms with Crippen molar-refractivity contribution in [1.82, 2.24) is 4.98 Å². The van der Waals surface area contributed by atoms with E-state index in [9.17, 15) is 4.79 Å². The Morgan fingerprint density at radius 1 is 1.32 bits per heavy atom. The lowest BCUT2D eigenvalue weighted by Gasteiger charge is -2.17. The lowest BCUT2D eigenvalue weighted by atomic mass is 10.1. The Kier molecular flexibility index (Phi) is 3.66. The van der Waals surface area contributed by atoms with Gasteiger partial charge in [0.15, 0.2) is 0 Å². The van der Waals surface area contributed by atoms with Gasteiger partial charge < -0.3 is 14.1 Å². The summed E-state index contributed by atoms with van der Waals surface area (Å²) in [5.74, 6) is 0.620. The predicted octanol–water partition coefficient (Wildman–Crippen LogP) is 3.10. The number of H-pyrrole nitrogens is 1. The van der Waals surface area contributed by atoms with Crippen molar-refractivity contribution in [3.63, 3.8) is 0 Å². The number of hydrogen-bond donors (Lipinski definition) is 1. The molecule has 1 aromatic heterocycles. The highest BCUT2D eigenvalue weighted by Gasteiger charge is 2.20. The molecule has 0 saturated carbocycles. The summed E-state index contributed by atoms with van der Waals surface area (Å²) in [5, 5.41) is 1.01. The van der Waals surface area contributed by atoms with E-state index in [0.717, 1.165) is 22.2 Å². The smallest absolute Gasteiger partial charge is 0.297 e. The minimum absolute atomic E-state index is 0.164. The van der Waals surface area contributed by atoms with Crippen molar-refractivity contribution in [2.24, 2.45) is 0 Å². The maximum atomic E-state index is 11.9. The average Bonchev–Trinajstić information content (AvgIpc) is 2.69. The molecule has 0 aliphatic heterocycles. The minimum Gasteiger partial charge on any atom is -0.520 e. The van der Waals surface area contributed by atoms with Crippen molar-refractivity contribution in [1.29, 1.82) is 0 Å². The first-order chi connectivity index (χ1) is 8.89. The summed E-state index contributed by atoms with van der Waals surface area (Å²) >= 11 is 0. The minimum atomic E-state index is -1.82. The first-order valence-corrected chi connectivity index (χ1v) is 9.66. The zero-order valence-electron chi connectivity index (χ0n) is 11.7. The average molecular weight is 277 g/mol. The van der Waals surface area contributed by atoms with Crippen LogP contribution < -0.4 is 4.74 Å². The Hall–Kier alpha value is -1.75. The number of fused-ring (bicyclic) bond motifs is 1. The summed E-state index contributed by atoms with van der Waals surface area (Å²) in [5.41, 5.74) is 1.94. The molecule has 102 valence electrons. The highest BCUT2D eigenvalue weighted by molar-refractivity contribution is 6.71. The summed E-state index contributed by atoms with van der Waals surface area (Å²) < 4.78 is 10.7. The van der Waals surface area contributed by atoms with Crippen LogP contribution in [0.4, 0.5) is 0 Å². The Labute approximate surface area is 113 Å². The zero-order chi connectivity index (χ0) is 14.0. The molecule has 2 aromatic rings. The first-order valence-electron chi connectivity index (χ1n) is 6.25. The maximum absolute atomic E-state index is 11.9. The molecule has 0 aliphatic carbocycles. The molecule has 2 rings (SSSR count). The number of ether oxygens (including phenoxy) is 1. The molecule has 0 radical (unpaired) electrons.